The first kappa shape index (κ1) is 17.2. The number of hydrogen-bond donors (Lipinski definition) is 1. The molecule has 2 aliphatic rings. The van der Waals surface area contributed by atoms with Crippen molar-refractivity contribution in [1.82, 2.24) is 14.8 Å². The van der Waals surface area contributed by atoms with Crippen molar-refractivity contribution in [1.29, 1.82) is 0 Å². The van der Waals surface area contributed by atoms with Gasteiger partial charge in [0.1, 0.15) is 0 Å². The van der Waals surface area contributed by atoms with E-state index in [9.17, 15) is 9.90 Å². The van der Waals surface area contributed by atoms with Crippen LogP contribution in [0.15, 0.2) is 48.8 Å². The normalized spacial score (nSPS) is 23.0. The largest absolute Gasteiger partial charge is 0.387 e. The van der Waals surface area contributed by atoms with Crippen molar-refractivity contribution in [3.05, 3.63) is 65.5 Å². The molecule has 1 aromatic heterocycles. The lowest BCUT2D eigenvalue weighted by Gasteiger charge is -2.34. The summed E-state index contributed by atoms with van der Waals surface area (Å²) in [4.78, 5) is 20.6. The maximum absolute atomic E-state index is 12.5. The molecule has 1 unspecified atom stereocenters. The van der Waals surface area contributed by atoms with Crippen molar-refractivity contribution in [2.75, 3.05) is 26.2 Å². The van der Waals surface area contributed by atoms with Gasteiger partial charge in [0.25, 0.3) is 0 Å². The molecular formula is C21H25N3O2. The maximum atomic E-state index is 12.5. The summed E-state index contributed by atoms with van der Waals surface area (Å²) >= 11 is 0. The first-order valence-electron chi connectivity index (χ1n) is 9.30. The number of pyridine rings is 1. The van der Waals surface area contributed by atoms with Gasteiger partial charge in [0.05, 0.1) is 18.6 Å². The molecule has 1 saturated heterocycles. The third-order valence-corrected chi connectivity index (χ3v) is 5.52. The zero-order valence-electron chi connectivity index (χ0n) is 15.0. The Hall–Kier alpha value is -2.24. The van der Waals surface area contributed by atoms with E-state index in [0.717, 1.165) is 25.1 Å². The Morgan fingerprint density at radius 3 is 2.69 bits per heavy atom. The monoisotopic (exact) mass is 351 g/mol. The van der Waals surface area contributed by atoms with Crippen LogP contribution in [0.3, 0.4) is 0 Å². The molecule has 136 valence electrons. The van der Waals surface area contributed by atoms with Gasteiger partial charge in [-0.2, -0.15) is 0 Å². The fraction of sp³-hybridized carbons (Fsp3) is 0.429. The summed E-state index contributed by atoms with van der Waals surface area (Å²) < 4.78 is 0. The summed E-state index contributed by atoms with van der Waals surface area (Å²) in [5.41, 5.74) is 2.93. The number of benzene rings is 1. The van der Waals surface area contributed by atoms with Crippen LogP contribution in [0.1, 0.15) is 23.1 Å². The van der Waals surface area contributed by atoms with Crippen LogP contribution in [-0.2, 0) is 24.2 Å². The number of nitrogens with zero attached hydrogens (tertiary/aromatic N) is 3. The minimum absolute atomic E-state index is 0.0797. The molecule has 3 heterocycles. The standard InChI is InChI=1S/C21H25N3O2/c25-20(13-17-5-9-22-10-6-17)24-12-8-21(26,16-24)15-23-11-7-18-3-1-2-4-19(18)14-23/h1-6,9-10,26H,7-8,11-16H2. The van der Waals surface area contributed by atoms with Crippen molar-refractivity contribution in [2.24, 2.45) is 0 Å². The van der Waals surface area contributed by atoms with Gasteiger partial charge in [0.2, 0.25) is 5.91 Å². The number of fused-ring (bicyclic) bond motifs is 1. The fourth-order valence-corrected chi connectivity index (χ4v) is 4.09. The molecule has 5 heteroatoms. The van der Waals surface area contributed by atoms with E-state index in [-0.39, 0.29) is 5.91 Å². The van der Waals surface area contributed by atoms with Gasteiger partial charge in [-0.15, -0.1) is 0 Å². The number of rotatable bonds is 4. The Bertz CT molecular complexity index is 780. The molecule has 0 spiro atoms. The Kier molecular flexibility index (Phi) is 4.74. The number of amides is 1. The molecule has 1 N–H and O–H groups in total. The quantitative estimate of drug-likeness (QED) is 0.910. The van der Waals surface area contributed by atoms with Gasteiger partial charge in [0.15, 0.2) is 0 Å². The highest BCUT2D eigenvalue weighted by atomic mass is 16.3. The number of β-amino-alcohol motifs (C(OH)–C–C–N with tert-alkyl or cyclic N) is 1. The molecule has 1 aromatic carbocycles. The second-order valence-corrected chi connectivity index (χ2v) is 7.55. The number of aromatic nitrogens is 1. The zero-order valence-corrected chi connectivity index (χ0v) is 15.0. The smallest absolute Gasteiger partial charge is 0.227 e. The van der Waals surface area contributed by atoms with E-state index in [2.05, 4.69) is 34.1 Å². The molecular weight excluding hydrogens is 326 g/mol. The van der Waals surface area contributed by atoms with Gasteiger partial charge in [-0.3, -0.25) is 14.7 Å². The average molecular weight is 351 g/mol. The van der Waals surface area contributed by atoms with Crippen molar-refractivity contribution in [2.45, 2.75) is 31.4 Å². The molecule has 5 nitrogen and oxygen atoms in total. The van der Waals surface area contributed by atoms with Gasteiger partial charge in [-0.25, -0.2) is 0 Å². The second kappa shape index (κ2) is 7.17. The molecule has 0 radical (unpaired) electrons. The van der Waals surface area contributed by atoms with Gasteiger partial charge in [0, 0.05) is 38.6 Å². The van der Waals surface area contributed by atoms with E-state index in [1.54, 1.807) is 17.3 Å². The summed E-state index contributed by atoms with van der Waals surface area (Å²) in [6.07, 6.45) is 5.45. The van der Waals surface area contributed by atoms with Crippen molar-refractivity contribution in [3.8, 4) is 0 Å². The van der Waals surface area contributed by atoms with Gasteiger partial charge in [-0.1, -0.05) is 24.3 Å². The van der Waals surface area contributed by atoms with Gasteiger partial charge in [-0.05, 0) is 41.7 Å². The maximum Gasteiger partial charge on any atom is 0.227 e. The summed E-state index contributed by atoms with van der Waals surface area (Å²) in [5, 5.41) is 11.0. The SMILES string of the molecule is O=C(Cc1ccncc1)N1CCC(O)(CN2CCc3ccccc3C2)C1. The topological polar surface area (TPSA) is 56.7 Å². The number of carbonyl (C=O) groups excluding carboxylic acids is 1. The van der Waals surface area contributed by atoms with Crippen LogP contribution < -0.4 is 0 Å². The molecule has 0 bridgehead atoms. The summed E-state index contributed by atoms with van der Waals surface area (Å²) in [5.74, 6) is 0.0797. The molecule has 1 fully saturated rings. The predicted molar refractivity (Wildman–Crippen MR) is 99.5 cm³/mol. The van der Waals surface area contributed by atoms with Crippen LogP contribution in [0.25, 0.3) is 0 Å². The van der Waals surface area contributed by atoms with E-state index in [1.165, 1.54) is 11.1 Å². The van der Waals surface area contributed by atoms with Crippen LogP contribution in [0, 0.1) is 0 Å². The zero-order chi connectivity index (χ0) is 18.0. The molecule has 1 amide bonds. The number of likely N-dealkylation sites (tertiary alicyclic amines) is 1. The third-order valence-electron chi connectivity index (χ3n) is 5.52. The molecule has 1 atom stereocenters. The van der Waals surface area contributed by atoms with E-state index in [0.29, 0.717) is 32.5 Å². The van der Waals surface area contributed by atoms with E-state index < -0.39 is 5.60 Å². The van der Waals surface area contributed by atoms with Crippen molar-refractivity contribution in [3.63, 3.8) is 0 Å². The Labute approximate surface area is 154 Å². The van der Waals surface area contributed by atoms with Crippen LogP contribution in [0.4, 0.5) is 0 Å². The highest BCUT2D eigenvalue weighted by Gasteiger charge is 2.39. The average Bonchev–Trinajstić information content (AvgIpc) is 3.04. The lowest BCUT2D eigenvalue weighted by Crippen LogP contribution is -2.47. The Morgan fingerprint density at radius 1 is 1.12 bits per heavy atom. The Morgan fingerprint density at radius 2 is 1.88 bits per heavy atom. The molecule has 26 heavy (non-hydrogen) atoms. The number of carbonyl (C=O) groups is 1. The summed E-state index contributed by atoms with van der Waals surface area (Å²) in [6.45, 7) is 3.52. The summed E-state index contributed by atoms with van der Waals surface area (Å²) in [7, 11) is 0. The molecule has 0 saturated carbocycles. The number of hydrogen-bond acceptors (Lipinski definition) is 4. The fourth-order valence-electron chi connectivity index (χ4n) is 4.09. The van der Waals surface area contributed by atoms with E-state index in [1.807, 2.05) is 12.1 Å². The second-order valence-electron chi connectivity index (χ2n) is 7.55. The highest BCUT2D eigenvalue weighted by Crippen LogP contribution is 2.26. The van der Waals surface area contributed by atoms with Crippen LogP contribution >= 0.6 is 0 Å². The lowest BCUT2D eigenvalue weighted by atomic mass is 9.97. The molecule has 2 aliphatic heterocycles. The lowest BCUT2D eigenvalue weighted by molar-refractivity contribution is -0.130. The first-order valence-corrected chi connectivity index (χ1v) is 9.30. The van der Waals surface area contributed by atoms with Gasteiger partial charge >= 0.3 is 0 Å². The highest BCUT2D eigenvalue weighted by molar-refractivity contribution is 5.79. The molecule has 4 rings (SSSR count). The predicted octanol–water partition coefficient (Wildman–Crippen LogP) is 1.65. The van der Waals surface area contributed by atoms with Gasteiger partial charge < -0.3 is 10.0 Å². The molecule has 0 aliphatic carbocycles. The summed E-state index contributed by atoms with van der Waals surface area (Å²) in [6, 6.07) is 12.3. The van der Waals surface area contributed by atoms with Crippen molar-refractivity contribution < 1.29 is 9.90 Å². The van der Waals surface area contributed by atoms with Crippen LogP contribution in [0.5, 0.6) is 0 Å². The van der Waals surface area contributed by atoms with Crippen molar-refractivity contribution >= 4 is 5.91 Å². The number of aliphatic hydroxyl groups is 1. The van der Waals surface area contributed by atoms with Crippen LogP contribution in [0.2, 0.25) is 0 Å². The minimum atomic E-state index is -0.805. The Balaban J connectivity index is 1.34. The van der Waals surface area contributed by atoms with E-state index in [4.69, 9.17) is 0 Å². The first-order chi connectivity index (χ1) is 12.6. The minimum Gasteiger partial charge on any atom is -0.387 e. The van der Waals surface area contributed by atoms with E-state index >= 15 is 0 Å². The third kappa shape index (κ3) is 3.79. The van der Waals surface area contributed by atoms with Crippen LogP contribution in [-0.4, -0.2) is 57.6 Å². The molecule has 2 aromatic rings.